The number of aryl methyl sites for hydroxylation is 2. The van der Waals surface area contributed by atoms with Gasteiger partial charge in [-0.1, -0.05) is 18.2 Å². The van der Waals surface area contributed by atoms with E-state index < -0.39 is 0 Å². The molecule has 1 heterocycles. The summed E-state index contributed by atoms with van der Waals surface area (Å²) in [5.41, 5.74) is 4.06. The Morgan fingerprint density at radius 3 is 2.61 bits per heavy atom. The van der Waals surface area contributed by atoms with Crippen LogP contribution in [0.3, 0.4) is 0 Å². The minimum absolute atomic E-state index is 0.264. The van der Waals surface area contributed by atoms with E-state index in [0.717, 1.165) is 19.5 Å². The second kappa shape index (κ2) is 5.53. The molecule has 1 amide bonds. The van der Waals surface area contributed by atoms with Gasteiger partial charge >= 0.3 is 0 Å². The maximum atomic E-state index is 11.4. The molecule has 1 atom stereocenters. The molecule has 2 rings (SSSR count). The topological polar surface area (TPSA) is 32.3 Å². The molecular weight excluding hydrogens is 224 g/mol. The molecule has 98 valence electrons. The van der Waals surface area contributed by atoms with E-state index in [9.17, 15) is 4.79 Å². The van der Waals surface area contributed by atoms with Gasteiger partial charge in [0.2, 0.25) is 5.91 Å². The first-order chi connectivity index (χ1) is 8.58. The number of hydrogen-bond acceptors (Lipinski definition) is 2. The molecule has 0 spiro atoms. The maximum Gasteiger partial charge on any atom is 0.222 e. The van der Waals surface area contributed by atoms with Crippen molar-refractivity contribution in [1.29, 1.82) is 0 Å². The fourth-order valence-corrected chi connectivity index (χ4v) is 2.55. The second-order valence-corrected chi connectivity index (χ2v) is 5.26. The van der Waals surface area contributed by atoms with Gasteiger partial charge in [-0.15, -0.1) is 0 Å². The monoisotopic (exact) mass is 246 g/mol. The van der Waals surface area contributed by atoms with Crippen molar-refractivity contribution in [1.82, 2.24) is 10.2 Å². The molecule has 1 fully saturated rings. The number of likely N-dealkylation sites (N-methyl/N-ethyl adjacent to an activating group) is 1. The normalized spacial score (nSPS) is 20.3. The van der Waals surface area contributed by atoms with E-state index in [1.807, 2.05) is 11.9 Å². The molecule has 1 unspecified atom stereocenters. The summed E-state index contributed by atoms with van der Waals surface area (Å²) < 4.78 is 0. The number of amides is 1. The molecule has 0 aromatic heterocycles. The lowest BCUT2D eigenvalue weighted by Gasteiger charge is -2.30. The summed E-state index contributed by atoms with van der Waals surface area (Å²) >= 11 is 0. The van der Waals surface area contributed by atoms with Gasteiger partial charge in [0, 0.05) is 32.6 Å². The second-order valence-electron chi connectivity index (χ2n) is 5.26. The largest absolute Gasteiger partial charge is 0.344 e. The van der Waals surface area contributed by atoms with Crippen molar-refractivity contribution in [2.75, 3.05) is 13.6 Å². The summed E-state index contributed by atoms with van der Waals surface area (Å²) in [5, 5.41) is 3.58. The Kier molecular flexibility index (Phi) is 4.02. The first-order valence-electron chi connectivity index (χ1n) is 6.60. The number of rotatable bonds is 3. The summed E-state index contributed by atoms with van der Waals surface area (Å²) in [5.74, 6) is 0.264. The van der Waals surface area contributed by atoms with Crippen LogP contribution >= 0.6 is 0 Å². The average molecular weight is 246 g/mol. The highest BCUT2D eigenvalue weighted by Crippen LogP contribution is 2.15. The van der Waals surface area contributed by atoms with Crippen molar-refractivity contribution >= 4 is 5.91 Å². The predicted molar refractivity (Wildman–Crippen MR) is 73.4 cm³/mol. The molecule has 0 radical (unpaired) electrons. The Morgan fingerprint density at radius 1 is 1.33 bits per heavy atom. The summed E-state index contributed by atoms with van der Waals surface area (Å²) in [6.45, 7) is 6.02. The van der Waals surface area contributed by atoms with Crippen LogP contribution in [0.4, 0.5) is 0 Å². The van der Waals surface area contributed by atoms with Gasteiger partial charge < -0.3 is 10.2 Å². The number of carbonyl (C=O) groups excluding carboxylic acids is 1. The summed E-state index contributed by atoms with van der Waals surface area (Å²) in [7, 11) is 1.88. The molecule has 18 heavy (non-hydrogen) atoms. The number of benzene rings is 1. The summed E-state index contributed by atoms with van der Waals surface area (Å²) in [6.07, 6.45) is 1.62. The summed E-state index contributed by atoms with van der Waals surface area (Å²) in [6, 6.07) is 6.83. The maximum absolute atomic E-state index is 11.4. The molecule has 1 aliphatic heterocycles. The van der Waals surface area contributed by atoms with Gasteiger partial charge in [0.1, 0.15) is 0 Å². The van der Waals surface area contributed by atoms with Gasteiger partial charge in [-0.3, -0.25) is 4.79 Å². The number of likely N-dealkylation sites (tertiary alicyclic amines) is 1. The van der Waals surface area contributed by atoms with Crippen LogP contribution in [0.2, 0.25) is 0 Å². The minimum atomic E-state index is 0.264. The van der Waals surface area contributed by atoms with E-state index >= 15 is 0 Å². The third-order valence-electron chi connectivity index (χ3n) is 3.84. The summed E-state index contributed by atoms with van der Waals surface area (Å²) in [4.78, 5) is 13.2. The van der Waals surface area contributed by atoms with Crippen LogP contribution < -0.4 is 5.32 Å². The van der Waals surface area contributed by atoms with Crippen molar-refractivity contribution in [3.05, 3.63) is 34.9 Å². The number of hydrogen-bond donors (Lipinski definition) is 1. The fraction of sp³-hybridized carbons (Fsp3) is 0.533. The Morgan fingerprint density at radius 2 is 2.00 bits per heavy atom. The van der Waals surface area contributed by atoms with Crippen LogP contribution in [-0.2, 0) is 11.3 Å². The molecule has 1 saturated heterocycles. The van der Waals surface area contributed by atoms with Gasteiger partial charge in [-0.25, -0.2) is 0 Å². The smallest absolute Gasteiger partial charge is 0.222 e. The number of nitrogens with zero attached hydrogens (tertiary/aromatic N) is 1. The molecule has 0 aliphatic carbocycles. The van der Waals surface area contributed by atoms with Gasteiger partial charge in [-0.2, -0.15) is 0 Å². The van der Waals surface area contributed by atoms with Crippen LogP contribution in [-0.4, -0.2) is 30.4 Å². The molecule has 1 aromatic carbocycles. The Labute approximate surface area is 109 Å². The quantitative estimate of drug-likeness (QED) is 0.885. The van der Waals surface area contributed by atoms with E-state index in [1.165, 1.54) is 16.7 Å². The van der Waals surface area contributed by atoms with Crippen molar-refractivity contribution in [3.63, 3.8) is 0 Å². The molecule has 3 nitrogen and oxygen atoms in total. The van der Waals surface area contributed by atoms with E-state index in [4.69, 9.17) is 0 Å². The Bertz CT molecular complexity index is 422. The lowest BCUT2D eigenvalue weighted by Crippen LogP contribution is -2.46. The van der Waals surface area contributed by atoms with E-state index in [2.05, 4.69) is 37.4 Å². The number of nitrogens with one attached hydrogen (secondary N) is 1. The standard InChI is InChI=1S/C15H22N2O/c1-11-5-4-6-12(2)14(11)9-16-13-7-8-15(18)17(3)10-13/h4-6,13,16H,7-10H2,1-3H3. The fourth-order valence-electron chi connectivity index (χ4n) is 2.55. The Balaban J connectivity index is 1.94. The third kappa shape index (κ3) is 2.91. The van der Waals surface area contributed by atoms with Crippen LogP contribution in [0, 0.1) is 13.8 Å². The van der Waals surface area contributed by atoms with E-state index in [0.29, 0.717) is 12.5 Å². The highest BCUT2D eigenvalue weighted by molar-refractivity contribution is 5.76. The zero-order valence-electron chi connectivity index (χ0n) is 11.5. The van der Waals surface area contributed by atoms with Crippen molar-refractivity contribution in [2.24, 2.45) is 0 Å². The highest BCUT2D eigenvalue weighted by Gasteiger charge is 2.22. The highest BCUT2D eigenvalue weighted by atomic mass is 16.2. The Hall–Kier alpha value is -1.35. The van der Waals surface area contributed by atoms with Gasteiger partial charge in [0.25, 0.3) is 0 Å². The zero-order valence-corrected chi connectivity index (χ0v) is 11.5. The van der Waals surface area contributed by atoms with Crippen molar-refractivity contribution < 1.29 is 4.79 Å². The molecule has 1 aliphatic rings. The molecule has 1 N–H and O–H groups in total. The van der Waals surface area contributed by atoms with Crippen LogP contribution in [0.1, 0.15) is 29.5 Å². The lowest BCUT2D eigenvalue weighted by atomic mass is 10.0. The average Bonchev–Trinajstić information content (AvgIpc) is 2.33. The van der Waals surface area contributed by atoms with Gasteiger partial charge in [0.15, 0.2) is 0 Å². The molecule has 3 heteroatoms. The first-order valence-corrected chi connectivity index (χ1v) is 6.60. The molecule has 0 saturated carbocycles. The minimum Gasteiger partial charge on any atom is -0.344 e. The SMILES string of the molecule is Cc1cccc(C)c1CNC1CCC(=O)N(C)C1. The molecular formula is C15H22N2O. The zero-order chi connectivity index (χ0) is 13.1. The lowest BCUT2D eigenvalue weighted by molar-refractivity contribution is -0.132. The first kappa shape index (κ1) is 13.1. The van der Waals surface area contributed by atoms with Crippen molar-refractivity contribution in [3.8, 4) is 0 Å². The molecule has 0 bridgehead atoms. The van der Waals surface area contributed by atoms with Gasteiger partial charge in [-0.05, 0) is 37.0 Å². The number of carbonyl (C=O) groups is 1. The van der Waals surface area contributed by atoms with Crippen LogP contribution in [0.25, 0.3) is 0 Å². The van der Waals surface area contributed by atoms with Crippen molar-refractivity contribution in [2.45, 2.75) is 39.3 Å². The van der Waals surface area contributed by atoms with E-state index in [-0.39, 0.29) is 5.91 Å². The molecule has 1 aromatic rings. The van der Waals surface area contributed by atoms with Crippen LogP contribution in [0.5, 0.6) is 0 Å². The van der Waals surface area contributed by atoms with Gasteiger partial charge in [0.05, 0.1) is 0 Å². The van der Waals surface area contributed by atoms with E-state index in [1.54, 1.807) is 0 Å². The van der Waals surface area contributed by atoms with Crippen LogP contribution in [0.15, 0.2) is 18.2 Å². The number of piperidine rings is 1. The third-order valence-corrected chi connectivity index (χ3v) is 3.84. The predicted octanol–water partition coefficient (Wildman–Crippen LogP) is 2.01.